The van der Waals surface area contributed by atoms with Gasteiger partial charge in [-0.2, -0.15) is 4.98 Å². The number of hydrogen-bond donors (Lipinski definition) is 1. The molecule has 0 saturated carbocycles. The van der Waals surface area contributed by atoms with Crippen molar-refractivity contribution in [3.63, 3.8) is 0 Å². The summed E-state index contributed by atoms with van der Waals surface area (Å²) in [7, 11) is 0. The molecule has 1 unspecified atom stereocenters. The molecule has 2 aromatic carbocycles. The normalized spacial score (nSPS) is 17.0. The Labute approximate surface area is 251 Å². The van der Waals surface area contributed by atoms with Crippen LogP contribution < -0.4 is 10.6 Å². The fourth-order valence-electron chi connectivity index (χ4n) is 6.09. The van der Waals surface area contributed by atoms with Crippen LogP contribution in [-0.2, 0) is 9.59 Å². The van der Waals surface area contributed by atoms with Gasteiger partial charge in [0.1, 0.15) is 29.2 Å². The SMILES string of the molecule is C=CC(=O)N1CCN2c3nc(=O)n(-c4c(C)ccnc4C(C)C)c4cc(-c5c(O)cccc5F)c(F)c(c34)/C=C\C(=O)C2C1. The third-order valence-corrected chi connectivity index (χ3v) is 8.20. The molecule has 0 radical (unpaired) electrons. The van der Waals surface area contributed by atoms with E-state index in [1.54, 1.807) is 17.2 Å². The lowest BCUT2D eigenvalue weighted by Crippen LogP contribution is -2.58. The lowest BCUT2D eigenvalue weighted by molar-refractivity contribution is -0.127. The van der Waals surface area contributed by atoms with E-state index in [2.05, 4.69) is 16.5 Å². The summed E-state index contributed by atoms with van der Waals surface area (Å²) in [5.74, 6) is -3.08. The number of aromatic nitrogens is 3. The summed E-state index contributed by atoms with van der Waals surface area (Å²) in [6.07, 6.45) is 5.31. The number of halogens is 2. The van der Waals surface area contributed by atoms with Crippen LogP contribution in [0.25, 0.3) is 33.8 Å². The van der Waals surface area contributed by atoms with E-state index in [0.717, 1.165) is 6.07 Å². The molecule has 224 valence electrons. The van der Waals surface area contributed by atoms with Crippen molar-refractivity contribution in [3.8, 4) is 22.6 Å². The number of piperazine rings is 1. The van der Waals surface area contributed by atoms with Gasteiger partial charge < -0.3 is 14.9 Å². The van der Waals surface area contributed by atoms with E-state index in [1.807, 2.05) is 20.8 Å². The van der Waals surface area contributed by atoms with Crippen molar-refractivity contribution in [1.29, 1.82) is 0 Å². The Morgan fingerprint density at radius 1 is 1.16 bits per heavy atom. The number of carbonyl (C=O) groups is 2. The van der Waals surface area contributed by atoms with Gasteiger partial charge in [-0.3, -0.25) is 19.1 Å². The Bertz CT molecular complexity index is 1960. The summed E-state index contributed by atoms with van der Waals surface area (Å²) in [4.78, 5) is 52.1. The number of aromatic hydroxyl groups is 1. The Hall–Kier alpha value is -5.19. The molecular weight excluding hydrogens is 568 g/mol. The average molecular weight is 598 g/mol. The standard InChI is InChI=1S/C33H29F2N5O4/c1-5-26(43)38-13-14-39-23(16-38)24(41)10-9-19-28-22(15-20(29(19)35)27-21(34)7-6-8-25(27)42)40(33(44)37-32(28)39)31-18(4)11-12-36-30(31)17(2)3/h5-12,15,17,23,42H,1,13-14,16H2,2-4H3/b10-9-. The number of aryl methyl sites for hydroxylation is 1. The molecule has 1 N–H and O–H groups in total. The minimum absolute atomic E-state index is 0.0124. The van der Waals surface area contributed by atoms with Crippen molar-refractivity contribution < 1.29 is 23.5 Å². The molecule has 11 heteroatoms. The fourth-order valence-corrected chi connectivity index (χ4v) is 6.09. The number of ketones is 1. The molecule has 2 aliphatic heterocycles. The molecule has 0 bridgehead atoms. The lowest BCUT2D eigenvalue weighted by atomic mass is 9.93. The van der Waals surface area contributed by atoms with Gasteiger partial charge in [0, 0.05) is 37.0 Å². The molecule has 9 nitrogen and oxygen atoms in total. The molecule has 1 fully saturated rings. The highest BCUT2D eigenvalue weighted by Crippen LogP contribution is 2.42. The zero-order chi connectivity index (χ0) is 31.4. The van der Waals surface area contributed by atoms with Crippen molar-refractivity contribution in [2.45, 2.75) is 32.7 Å². The number of carbonyl (C=O) groups excluding carboxylic acids is 2. The van der Waals surface area contributed by atoms with Gasteiger partial charge in [0.15, 0.2) is 5.78 Å². The molecule has 0 aliphatic carbocycles. The van der Waals surface area contributed by atoms with Crippen LogP contribution in [-0.4, -0.2) is 61.9 Å². The minimum Gasteiger partial charge on any atom is -0.507 e. The molecular formula is C33H29F2N5O4. The summed E-state index contributed by atoms with van der Waals surface area (Å²) in [6, 6.07) is 5.82. The highest BCUT2D eigenvalue weighted by atomic mass is 19.1. The van der Waals surface area contributed by atoms with E-state index >= 15 is 8.78 Å². The maximum absolute atomic E-state index is 16.6. The van der Waals surface area contributed by atoms with Crippen LogP contribution in [0.4, 0.5) is 14.6 Å². The van der Waals surface area contributed by atoms with Crippen molar-refractivity contribution in [2.75, 3.05) is 24.5 Å². The molecule has 4 aromatic rings. The summed E-state index contributed by atoms with van der Waals surface area (Å²) >= 11 is 0. The third-order valence-electron chi connectivity index (χ3n) is 8.20. The monoisotopic (exact) mass is 597 g/mol. The smallest absolute Gasteiger partial charge is 0.354 e. The van der Waals surface area contributed by atoms with Crippen LogP contribution in [0.15, 0.2) is 60.1 Å². The number of pyridine rings is 1. The van der Waals surface area contributed by atoms with Gasteiger partial charge in [-0.05, 0) is 60.9 Å². The number of phenols is 1. The predicted molar refractivity (Wildman–Crippen MR) is 163 cm³/mol. The number of rotatable bonds is 4. The molecule has 2 aromatic heterocycles. The van der Waals surface area contributed by atoms with E-state index < -0.39 is 34.9 Å². The fraction of sp³-hybridized carbons (Fsp3) is 0.242. The molecule has 1 amide bonds. The summed E-state index contributed by atoms with van der Waals surface area (Å²) in [5.41, 5.74) is 0.446. The van der Waals surface area contributed by atoms with Gasteiger partial charge in [-0.1, -0.05) is 26.5 Å². The Morgan fingerprint density at radius 3 is 2.64 bits per heavy atom. The number of anilines is 1. The van der Waals surface area contributed by atoms with Crippen LogP contribution in [0.2, 0.25) is 0 Å². The maximum atomic E-state index is 16.6. The molecule has 44 heavy (non-hydrogen) atoms. The van der Waals surface area contributed by atoms with Gasteiger partial charge >= 0.3 is 5.69 Å². The van der Waals surface area contributed by atoms with Crippen LogP contribution in [0.3, 0.4) is 0 Å². The summed E-state index contributed by atoms with van der Waals surface area (Å²) in [5, 5.41) is 10.9. The van der Waals surface area contributed by atoms with E-state index in [0.29, 0.717) is 16.9 Å². The van der Waals surface area contributed by atoms with Crippen molar-refractivity contribution >= 4 is 34.5 Å². The first-order chi connectivity index (χ1) is 21.0. The van der Waals surface area contributed by atoms with Crippen LogP contribution in [0, 0.1) is 18.6 Å². The Balaban J connectivity index is 1.76. The number of fused-ring (bicyclic) bond motifs is 2. The summed E-state index contributed by atoms with van der Waals surface area (Å²) in [6.45, 7) is 9.56. The van der Waals surface area contributed by atoms with Crippen molar-refractivity contribution in [2.24, 2.45) is 0 Å². The third kappa shape index (κ3) is 4.47. The quantitative estimate of drug-likeness (QED) is 0.341. The zero-order valence-electron chi connectivity index (χ0n) is 24.3. The second-order valence-electron chi connectivity index (χ2n) is 11.2. The molecule has 6 rings (SSSR count). The highest BCUT2D eigenvalue weighted by Gasteiger charge is 2.37. The first-order valence-electron chi connectivity index (χ1n) is 14.2. The van der Waals surface area contributed by atoms with Gasteiger partial charge in [-0.25, -0.2) is 13.6 Å². The highest BCUT2D eigenvalue weighted by molar-refractivity contribution is 6.09. The van der Waals surface area contributed by atoms with Crippen molar-refractivity contribution in [1.82, 2.24) is 19.4 Å². The van der Waals surface area contributed by atoms with Crippen LogP contribution in [0.5, 0.6) is 5.75 Å². The van der Waals surface area contributed by atoms with Gasteiger partial charge in [-0.15, -0.1) is 0 Å². The Morgan fingerprint density at radius 2 is 1.93 bits per heavy atom. The first kappa shape index (κ1) is 28.9. The van der Waals surface area contributed by atoms with Crippen LogP contribution in [0.1, 0.15) is 36.6 Å². The van der Waals surface area contributed by atoms with Gasteiger partial charge in [0.05, 0.1) is 27.8 Å². The second-order valence-corrected chi connectivity index (χ2v) is 11.2. The maximum Gasteiger partial charge on any atom is 0.354 e. The number of nitrogens with zero attached hydrogens (tertiary/aromatic N) is 5. The van der Waals surface area contributed by atoms with Crippen molar-refractivity contribution in [3.05, 3.63) is 94.2 Å². The average Bonchev–Trinajstić information content (AvgIpc) is 2.99. The van der Waals surface area contributed by atoms with Gasteiger partial charge in [0.2, 0.25) is 5.91 Å². The lowest BCUT2D eigenvalue weighted by Gasteiger charge is -2.41. The molecule has 1 atom stereocenters. The van der Waals surface area contributed by atoms with E-state index in [1.165, 1.54) is 45.9 Å². The minimum atomic E-state index is -0.902. The molecule has 0 spiro atoms. The number of amides is 1. The molecule has 4 heterocycles. The summed E-state index contributed by atoms with van der Waals surface area (Å²) < 4.78 is 33.2. The van der Waals surface area contributed by atoms with E-state index in [9.17, 15) is 19.5 Å². The topological polar surface area (TPSA) is 109 Å². The Kier molecular flexibility index (Phi) is 7.11. The largest absolute Gasteiger partial charge is 0.507 e. The number of phenolic OH excluding ortho intramolecular Hbond substituents is 1. The zero-order valence-corrected chi connectivity index (χ0v) is 24.3. The number of benzene rings is 2. The number of hydrogen-bond acceptors (Lipinski definition) is 7. The molecule has 2 aliphatic rings. The van der Waals surface area contributed by atoms with Gasteiger partial charge in [0.25, 0.3) is 0 Å². The second kappa shape index (κ2) is 10.8. The van der Waals surface area contributed by atoms with E-state index in [-0.39, 0.29) is 64.9 Å². The molecule has 1 saturated heterocycles. The van der Waals surface area contributed by atoms with Crippen LogP contribution >= 0.6 is 0 Å². The predicted octanol–water partition coefficient (Wildman–Crippen LogP) is 4.66. The van der Waals surface area contributed by atoms with E-state index in [4.69, 9.17) is 0 Å². The first-order valence-corrected chi connectivity index (χ1v) is 14.2.